The van der Waals surface area contributed by atoms with E-state index in [9.17, 15) is 9.59 Å². The van der Waals surface area contributed by atoms with Gasteiger partial charge in [0.05, 0.1) is 0 Å². The summed E-state index contributed by atoms with van der Waals surface area (Å²) in [6.07, 6.45) is 6.70. The molecule has 2 saturated heterocycles. The summed E-state index contributed by atoms with van der Waals surface area (Å²) in [5.41, 5.74) is 0.992. The monoisotopic (exact) mass is 313 g/mol. The topological polar surface area (TPSA) is 46.6 Å². The van der Waals surface area contributed by atoms with Crippen LogP contribution in [0.2, 0.25) is 0 Å². The van der Waals surface area contributed by atoms with Gasteiger partial charge in [-0.1, -0.05) is 36.4 Å². The van der Waals surface area contributed by atoms with Gasteiger partial charge in [0.1, 0.15) is 6.61 Å². The minimum atomic E-state index is -0.238. The number of allylic oxidation sites excluding steroid dienone is 2. The van der Waals surface area contributed by atoms with Gasteiger partial charge >= 0.3 is 6.09 Å². The van der Waals surface area contributed by atoms with Crippen LogP contribution in [0.25, 0.3) is 0 Å². The molecule has 23 heavy (non-hydrogen) atoms. The van der Waals surface area contributed by atoms with Gasteiger partial charge in [0.15, 0.2) is 5.78 Å². The molecule has 0 saturated carbocycles. The van der Waals surface area contributed by atoms with E-state index in [4.69, 9.17) is 4.74 Å². The molecule has 4 heteroatoms. The zero-order valence-electron chi connectivity index (χ0n) is 13.5. The fraction of sp³-hybridized carbons (Fsp3) is 0.474. The molecular weight excluding hydrogens is 290 g/mol. The van der Waals surface area contributed by atoms with Crippen molar-refractivity contribution in [1.29, 1.82) is 0 Å². The van der Waals surface area contributed by atoms with Crippen molar-refractivity contribution in [2.75, 3.05) is 0 Å². The lowest BCUT2D eigenvalue weighted by Gasteiger charge is -2.37. The number of hydrogen-bond donors (Lipinski definition) is 0. The highest BCUT2D eigenvalue weighted by Crippen LogP contribution is 2.39. The van der Waals surface area contributed by atoms with Gasteiger partial charge in [-0.2, -0.15) is 0 Å². The second kappa shape index (κ2) is 6.99. The summed E-state index contributed by atoms with van der Waals surface area (Å²) in [6, 6.07) is 10.0. The molecule has 2 bridgehead atoms. The second-order valence-corrected chi connectivity index (χ2v) is 6.40. The average Bonchev–Trinajstić information content (AvgIpc) is 2.83. The zero-order chi connectivity index (χ0) is 16.2. The first-order chi connectivity index (χ1) is 11.2. The van der Waals surface area contributed by atoms with E-state index in [2.05, 4.69) is 0 Å². The molecular formula is C19H23NO3. The van der Waals surface area contributed by atoms with Crippen LogP contribution in [0.3, 0.4) is 0 Å². The van der Waals surface area contributed by atoms with E-state index in [0.717, 1.165) is 31.2 Å². The van der Waals surface area contributed by atoms with Gasteiger partial charge in [0.2, 0.25) is 0 Å². The summed E-state index contributed by atoms with van der Waals surface area (Å²) < 4.78 is 5.48. The highest BCUT2D eigenvalue weighted by molar-refractivity contribution is 5.92. The van der Waals surface area contributed by atoms with E-state index in [1.165, 1.54) is 0 Å². The van der Waals surface area contributed by atoms with Crippen LogP contribution in [-0.4, -0.2) is 28.9 Å². The van der Waals surface area contributed by atoms with Crippen molar-refractivity contribution in [3.05, 3.63) is 48.0 Å². The average molecular weight is 313 g/mol. The van der Waals surface area contributed by atoms with Crippen LogP contribution in [0.1, 0.15) is 38.2 Å². The van der Waals surface area contributed by atoms with E-state index in [1.54, 1.807) is 12.2 Å². The zero-order valence-corrected chi connectivity index (χ0v) is 13.5. The number of carbonyl (C=O) groups is 2. The highest BCUT2D eigenvalue weighted by Gasteiger charge is 2.45. The Morgan fingerprint density at radius 2 is 1.83 bits per heavy atom. The smallest absolute Gasteiger partial charge is 0.410 e. The van der Waals surface area contributed by atoms with Crippen molar-refractivity contribution in [2.45, 2.75) is 51.3 Å². The molecule has 0 aliphatic carbocycles. The summed E-state index contributed by atoms with van der Waals surface area (Å²) in [6.45, 7) is 2.17. The molecule has 2 unspecified atom stereocenters. The lowest BCUT2D eigenvalue weighted by molar-refractivity contribution is -0.120. The normalized spacial score (nSPS) is 26.5. The molecule has 1 amide bonds. The maximum Gasteiger partial charge on any atom is 0.410 e. The molecule has 2 aliphatic heterocycles. The van der Waals surface area contributed by atoms with Gasteiger partial charge in [-0.05, 0) is 44.2 Å². The molecule has 0 N–H and O–H groups in total. The summed E-state index contributed by atoms with van der Waals surface area (Å²) in [7, 11) is 0. The third-order valence-electron chi connectivity index (χ3n) is 4.88. The van der Waals surface area contributed by atoms with Crippen LogP contribution in [0.15, 0.2) is 42.5 Å². The van der Waals surface area contributed by atoms with E-state index in [0.29, 0.717) is 6.61 Å². The van der Waals surface area contributed by atoms with E-state index >= 15 is 0 Å². The van der Waals surface area contributed by atoms with Crippen molar-refractivity contribution in [2.24, 2.45) is 5.92 Å². The van der Waals surface area contributed by atoms with E-state index in [-0.39, 0.29) is 29.9 Å². The molecule has 2 heterocycles. The third kappa shape index (κ3) is 3.46. The minimum absolute atomic E-state index is 0.0573. The van der Waals surface area contributed by atoms with Crippen molar-refractivity contribution < 1.29 is 14.3 Å². The number of amides is 1. The van der Waals surface area contributed by atoms with Crippen molar-refractivity contribution in [3.63, 3.8) is 0 Å². The van der Waals surface area contributed by atoms with Crippen LogP contribution in [0.4, 0.5) is 4.79 Å². The maximum absolute atomic E-state index is 12.4. The fourth-order valence-electron chi connectivity index (χ4n) is 3.80. The molecule has 1 aromatic carbocycles. The first-order valence-corrected chi connectivity index (χ1v) is 8.34. The molecule has 2 fully saturated rings. The third-order valence-corrected chi connectivity index (χ3v) is 4.88. The van der Waals surface area contributed by atoms with Crippen molar-refractivity contribution in [3.8, 4) is 0 Å². The van der Waals surface area contributed by atoms with Crippen LogP contribution in [-0.2, 0) is 16.1 Å². The van der Waals surface area contributed by atoms with Crippen LogP contribution >= 0.6 is 0 Å². The number of ketones is 1. The highest BCUT2D eigenvalue weighted by atomic mass is 16.6. The first kappa shape index (κ1) is 15.8. The second-order valence-electron chi connectivity index (χ2n) is 6.40. The lowest BCUT2D eigenvalue weighted by Crippen LogP contribution is -2.47. The number of benzene rings is 1. The predicted octanol–water partition coefficient (Wildman–Crippen LogP) is 3.71. The number of rotatable bonds is 4. The number of ether oxygens (including phenoxy) is 1. The summed E-state index contributed by atoms with van der Waals surface area (Å²) >= 11 is 0. The number of fused-ring (bicyclic) bond motifs is 2. The largest absolute Gasteiger partial charge is 0.445 e. The predicted molar refractivity (Wildman–Crippen MR) is 87.8 cm³/mol. The number of hydrogen-bond acceptors (Lipinski definition) is 3. The molecule has 0 aromatic heterocycles. The van der Waals surface area contributed by atoms with Crippen LogP contribution in [0.5, 0.6) is 0 Å². The molecule has 4 nitrogen and oxygen atoms in total. The van der Waals surface area contributed by atoms with Crippen molar-refractivity contribution >= 4 is 11.9 Å². The Morgan fingerprint density at radius 1 is 1.17 bits per heavy atom. The number of nitrogens with zero attached hydrogens (tertiary/aromatic N) is 1. The molecule has 122 valence electrons. The van der Waals surface area contributed by atoms with Gasteiger partial charge in [-0.25, -0.2) is 4.79 Å². The Labute approximate surface area is 137 Å². The van der Waals surface area contributed by atoms with E-state index < -0.39 is 0 Å². The lowest BCUT2D eigenvalue weighted by atomic mass is 9.87. The van der Waals surface area contributed by atoms with Crippen LogP contribution < -0.4 is 0 Å². The molecule has 0 spiro atoms. The minimum Gasteiger partial charge on any atom is -0.445 e. The van der Waals surface area contributed by atoms with Gasteiger partial charge in [-0.3, -0.25) is 4.79 Å². The summed E-state index contributed by atoms with van der Waals surface area (Å²) in [5, 5.41) is 0. The molecule has 2 atom stereocenters. The Balaban J connectivity index is 1.59. The van der Waals surface area contributed by atoms with Crippen molar-refractivity contribution in [1.82, 2.24) is 4.90 Å². The Kier molecular flexibility index (Phi) is 4.79. The van der Waals surface area contributed by atoms with Crippen LogP contribution in [0, 0.1) is 5.92 Å². The summed E-state index contributed by atoms with van der Waals surface area (Å²) in [4.78, 5) is 26.4. The SMILES string of the molecule is C/C=C\C(=O)C1CC2CCC(C1)N2C(=O)OCc1ccccc1. The summed E-state index contributed by atoms with van der Waals surface area (Å²) in [5.74, 6) is 0.253. The Hall–Kier alpha value is -2.10. The van der Waals surface area contributed by atoms with Gasteiger partial charge in [0, 0.05) is 18.0 Å². The fourth-order valence-corrected chi connectivity index (χ4v) is 3.80. The molecule has 3 rings (SSSR count). The Morgan fingerprint density at radius 3 is 2.43 bits per heavy atom. The number of carbonyl (C=O) groups excluding carboxylic acids is 2. The first-order valence-electron chi connectivity index (χ1n) is 8.34. The Bertz CT molecular complexity index is 582. The van der Waals surface area contributed by atoms with Gasteiger partial charge in [-0.15, -0.1) is 0 Å². The van der Waals surface area contributed by atoms with E-state index in [1.807, 2.05) is 42.2 Å². The maximum atomic E-state index is 12.4. The number of piperidine rings is 1. The molecule has 2 aliphatic rings. The van der Waals surface area contributed by atoms with Gasteiger partial charge < -0.3 is 9.64 Å². The quantitative estimate of drug-likeness (QED) is 0.796. The molecule has 1 aromatic rings. The standard InChI is InChI=1S/C19H23NO3/c1-2-6-18(21)15-11-16-9-10-17(12-15)20(16)19(22)23-13-14-7-4-3-5-8-14/h2-8,15-17H,9-13H2,1H3/b6-2-. The molecule has 0 radical (unpaired) electrons. The van der Waals surface area contributed by atoms with Gasteiger partial charge in [0.25, 0.3) is 0 Å².